The number of benzene rings is 4. The predicted octanol–water partition coefficient (Wildman–Crippen LogP) is 12.0. The third kappa shape index (κ3) is 7.18. The third-order valence-electron chi connectivity index (χ3n) is 10.7. The molecular weight excluding hydrogens is 817 g/mol. The fourth-order valence-corrected chi connectivity index (χ4v) is 8.49. The van der Waals surface area contributed by atoms with Crippen molar-refractivity contribution in [3.8, 4) is 61.8 Å². The molecule has 3 N–H and O–H groups in total. The first-order chi connectivity index (χ1) is 30.2. The topological polar surface area (TPSA) is 105 Å². The molecule has 310 valence electrons. The maximum atomic E-state index is 16.5. The summed E-state index contributed by atoms with van der Waals surface area (Å²) in [7, 11) is 4.75. The smallest absolute Gasteiger partial charge is 0.176 e. The maximum absolute atomic E-state index is 16.5. The zero-order chi connectivity index (χ0) is 43.1. The predicted molar refractivity (Wildman–Crippen MR) is 238 cm³/mol. The first kappa shape index (κ1) is 40.3. The highest BCUT2D eigenvalue weighted by Gasteiger charge is 2.30. The van der Waals surface area contributed by atoms with Gasteiger partial charge in [-0.3, -0.25) is 0 Å². The molecule has 3 aromatic heterocycles. The number of aliphatic hydroxyl groups is 1. The lowest BCUT2D eigenvalue weighted by molar-refractivity contribution is 0.322. The Morgan fingerprint density at radius 1 is 0.452 bits per heavy atom. The van der Waals surface area contributed by atoms with Crippen LogP contribution in [0.3, 0.4) is 0 Å². The number of rotatable bonds is 10. The van der Waals surface area contributed by atoms with Crippen molar-refractivity contribution in [3.05, 3.63) is 143 Å². The zero-order valence-corrected chi connectivity index (χ0v) is 34.3. The van der Waals surface area contributed by atoms with E-state index in [1.807, 2.05) is 72.8 Å². The molecule has 2 aliphatic rings. The van der Waals surface area contributed by atoms with E-state index in [4.69, 9.17) is 24.2 Å². The highest BCUT2D eigenvalue weighted by Crippen LogP contribution is 2.43. The SMILES string of the molecule is COc1ccc(-c2c3nc(c(-c4c(F)c(F)c(SCCO)c(F)c4F)c4nc(c(-c5ccc(OC)cc5)c5ccc([nH]5)c(-c5ccc(OC)cc5)c5ccc2[nH]5)C=C4)C=C3)cc1. The van der Waals surface area contributed by atoms with Gasteiger partial charge in [-0.05, 0) is 102 Å². The normalized spacial score (nSPS) is 11.9. The molecule has 7 aromatic rings. The van der Waals surface area contributed by atoms with E-state index in [2.05, 4.69) is 9.97 Å². The quantitative estimate of drug-likeness (QED) is 0.0715. The number of aromatic amines is 2. The molecule has 0 saturated carbocycles. The summed E-state index contributed by atoms with van der Waals surface area (Å²) in [5.41, 5.74) is 6.83. The van der Waals surface area contributed by atoms with E-state index in [0.717, 1.165) is 33.3 Å². The summed E-state index contributed by atoms with van der Waals surface area (Å²) in [6, 6.07) is 30.2. The number of fused-ring (bicyclic) bond motifs is 8. The van der Waals surface area contributed by atoms with Gasteiger partial charge >= 0.3 is 0 Å². The second kappa shape index (κ2) is 16.8. The van der Waals surface area contributed by atoms with E-state index in [-0.39, 0.29) is 22.7 Å². The minimum Gasteiger partial charge on any atom is -0.497 e. The van der Waals surface area contributed by atoms with Crippen LogP contribution in [0.5, 0.6) is 17.2 Å². The summed E-state index contributed by atoms with van der Waals surface area (Å²) in [5.74, 6) is -4.66. The zero-order valence-electron chi connectivity index (χ0n) is 33.4. The fraction of sp³-hybridized carbons (Fsp3) is 0.102. The average molecular weight is 853 g/mol. The molecule has 0 spiro atoms. The van der Waals surface area contributed by atoms with Crippen LogP contribution < -0.4 is 14.2 Å². The summed E-state index contributed by atoms with van der Waals surface area (Å²) < 4.78 is 81.1. The summed E-state index contributed by atoms with van der Waals surface area (Å²) >= 11 is 0.474. The van der Waals surface area contributed by atoms with Crippen LogP contribution in [0.15, 0.2) is 102 Å². The number of nitrogens with zero attached hydrogens (tertiary/aromatic N) is 2. The molecule has 5 heterocycles. The van der Waals surface area contributed by atoms with Crippen LogP contribution in [0.1, 0.15) is 22.8 Å². The van der Waals surface area contributed by atoms with E-state index in [0.29, 0.717) is 62.6 Å². The van der Waals surface area contributed by atoms with Crippen molar-refractivity contribution < 1.29 is 36.9 Å². The number of ether oxygens (including phenoxy) is 3. The summed E-state index contributed by atoms with van der Waals surface area (Å²) in [4.78, 5) is 16.3. The van der Waals surface area contributed by atoms with Crippen LogP contribution >= 0.6 is 11.8 Å². The van der Waals surface area contributed by atoms with Gasteiger partial charge in [0.25, 0.3) is 0 Å². The van der Waals surface area contributed by atoms with Crippen molar-refractivity contribution in [2.24, 2.45) is 0 Å². The highest BCUT2D eigenvalue weighted by atomic mass is 32.2. The highest BCUT2D eigenvalue weighted by molar-refractivity contribution is 7.99. The van der Waals surface area contributed by atoms with Gasteiger partial charge in [0.05, 0.1) is 61.2 Å². The lowest BCUT2D eigenvalue weighted by Gasteiger charge is -2.13. The van der Waals surface area contributed by atoms with Crippen LogP contribution in [-0.4, -0.2) is 58.7 Å². The van der Waals surface area contributed by atoms with E-state index in [1.165, 1.54) is 0 Å². The van der Waals surface area contributed by atoms with Crippen molar-refractivity contribution in [1.29, 1.82) is 0 Å². The van der Waals surface area contributed by atoms with Crippen LogP contribution in [0, 0.1) is 23.3 Å². The molecule has 2 aliphatic heterocycles. The number of hydrogen-bond donors (Lipinski definition) is 3. The molecule has 0 amide bonds. The Balaban J connectivity index is 1.46. The molecular formula is C49H36F4N4O4S. The number of nitrogens with one attached hydrogen (secondary N) is 2. The first-order valence-corrected chi connectivity index (χ1v) is 20.4. The van der Waals surface area contributed by atoms with Gasteiger partial charge in [0.2, 0.25) is 0 Å². The Labute approximate surface area is 357 Å². The third-order valence-corrected chi connectivity index (χ3v) is 11.7. The van der Waals surface area contributed by atoms with Gasteiger partial charge < -0.3 is 29.3 Å². The van der Waals surface area contributed by atoms with Crippen molar-refractivity contribution in [2.75, 3.05) is 33.7 Å². The molecule has 0 radical (unpaired) electrons. The molecule has 4 aromatic carbocycles. The number of methoxy groups -OCH3 is 3. The lowest BCUT2D eigenvalue weighted by Crippen LogP contribution is -2.05. The number of thioether (sulfide) groups is 1. The monoisotopic (exact) mass is 852 g/mol. The molecule has 0 unspecified atom stereocenters. The van der Waals surface area contributed by atoms with Crippen molar-refractivity contribution in [2.45, 2.75) is 4.90 Å². The molecule has 0 fully saturated rings. The van der Waals surface area contributed by atoms with Gasteiger partial charge in [0.15, 0.2) is 23.3 Å². The van der Waals surface area contributed by atoms with Gasteiger partial charge in [-0.2, -0.15) is 0 Å². The average Bonchev–Trinajstić information content (AvgIpc) is 4.16. The molecule has 62 heavy (non-hydrogen) atoms. The van der Waals surface area contributed by atoms with Gasteiger partial charge in [-0.15, -0.1) is 11.8 Å². The van der Waals surface area contributed by atoms with Crippen LogP contribution in [0.25, 0.3) is 90.9 Å². The standard InChI is InChI=1S/C49H36F4N4O4S/c1-59-29-10-4-26(5-11-29)40-32-16-18-34(54-32)41(27-6-12-30(60-2)13-7-27)36-20-22-38(56-36)43(44-45(50)47(52)49(62-25-24-58)48(53)46(44)51)39-23-21-37(57-39)42(35-19-17-33(40)55-35)28-8-14-31(61-3)15-9-28/h4-23,54-55,58H,24-25H2,1-3H3. The lowest BCUT2D eigenvalue weighted by atomic mass is 10.00. The van der Waals surface area contributed by atoms with Crippen LogP contribution in [0.4, 0.5) is 17.6 Å². The van der Waals surface area contributed by atoms with Gasteiger partial charge in [-0.25, -0.2) is 27.5 Å². The Bertz CT molecular complexity index is 2930. The minimum atomic E-state index is -1.62. The minimum absolute atomic E-state index is 0.0144. The largest absolute Gasteiger partial charge is 0.497 e. The second-order valence-corrected chi connectivity index (χ2v) is 15.3. The molecule has 8 bridgehead atoms. The summed E-state index contributed by atoms with van der Waals surface area (Å²) in [6.07, 6.45) is 6.47. The number of aromatic nitrogens is 4. The van der Waals surface area contributed by atoms with Crippen molar-refractivity contribution in [1.82, 2.24) is 19.9 Å². The fourth-order valence-electron chi connectivity index (χ4n) is 7.76. The Hall–Kier alpha value is -7.09. The number of H-pyrrole nitrogens is 2. The van der Waals surface area contributed by atoms with Crippen LogP contribution in [-0.2, 0) is 0 Å². The van der Waals surface area contributed by atoms with E-state index < -0.39 is 40.3 Å². The van der Waals surface area contributed by atoms with Gasteiger partial charge in [-0.1, -0.05) is 36.4 Å². The van der Waals surface area contributed by atoms with E-state index in [9.17, 15) is 5.11 Å². The first-order valence-electron chi connectivity index (χ1n) is 19.4. The Kier molecular flexibility index (Phi) is 10.9. The second-order valence-electron chi connectivity index (χ2n) is 14.2. The molecule has 0 atom stereocenters. The Morgan fingerprint density at radius 3 is 1.15 bits per heavy atom. The summed E-state index contributed by atoms with van der Waals surface area (Å²) in [6.45, 7) is -0.460. The maximum Gasteiger partial charge on any atom is 0.176 e. The van der Waals surface area contributed by atoms with E-state index in [1.54, 1.807) is 69.9 Å². The molecule has 0 aliphatic carbocycles. The van der Waals surface area contributed by atoms with Crippen molar-refractivity contribution in [3.63, 3.8) is 0 Å². The van der Waals surface area contributed by atoms with Crippen molar-refractivity contribution >= 4 is 58.1 Å². The molecule has 8 nitrogen and oxygen atoms in total. The van der Waals surface area contributed by atoms with Crippen LogP contribution in [0.2, 0.25) is 0 Å². The molecule has 9 rings (SSSR count). The Morgan fingerprint density at radius 2 is 0.790 bits per heavy atom. The number of halogens is 4. The van der Waals surface area contributed by atoms with Gasteiger partial charge in [0.1, 0.15) is 17.2 Å². The number of hydrogen-bond acceptors (Lipinski definition) is 7. The number of aliphatic hydroxyl groups excluding tert-OH is 1. The van der Waals surface area contributed by atoms with E-state index >= 15 is 17.6 Å². The molecule has 0 saturated heterocycles. The summed E-state index contributed by atoms with van der Waals surface area (Å²) in [5, 5.41) is 9.34. The van der Waals surface area contributed by atoms with Gasteiger partial charge in [0, 0.05) is 50.1 Å². The molecule has 13 heteroatoms.